The van der Waals surface area contributed by atoms with Crippen LogP contribution in [0.2, 0.25) is 0 Å². The number of carbonyl (C=O) groups excluding carboxylic acids is 1. The topological polar surface area (TPSA) is 66.6 Å². The molecule has 0 aromatic carbocycles. The Balaban J connectivity index is 2.47. The Morgan fingerprint density at radius 2 is 2.08 bits per heavy atom. The van der Waals surface area contributed by atoms with Crippen LogP contribution in [-0.2, 0) is 14.3 Å². The monoisotopic (exact) mass is 173 g/mol. The zero-order valence-corrected chi connectivity index (χ0v) is 6.98. The van der Waals surface area contributed by atoms with Crippen LogP contribution in [0.3, 0.4) is 0 Å². The number of carboxylic acids is 1. The Morgan fingerprint density at radius 1 is 1.50 bits per heavy atom. The molecule has 0 aromatic heterocycles. The van der Waals surface area contributed by atoms with Crippen molar-refractivity contribution >= 4 is 11.9 Å². The van der Waals surface area contributed by atoms with E-state index in [1.165, 1.54) is 4.90 Å². The van der Waals surface area contributed by atoms with Crippen LogP contribution in [0.1, 0.15) is 6.92 Å². The highest BCUT2D eigenvalue weighted by Crippen LogP contribution is 2.26. The molecule has 0 radical (unpaired) electrons. The largest absolute Gasteiger partial charge is 0.480 e. The Bertz CT molecular complexity index is 215. The molecule has 68 valence electrons. The maximum atomic E-state index is 11.0. The number of carbonyl (C=O) groups is 2. The van der Waals surface area contributed by atoms with E-state index in [0.717, 1.165) is 0 Å². The lowest BCUT2D eigenvalue weighted by atomic mass is 10.3. The zero-order valence-electron chi connectivity index (χ0n) is 6.98. The average molecular weight is 173 g/mol. The summed E-state index contributed by atoms with van der Waals surface area (Å²) in [6.07, 6.45) is 0. The van der Waals surface area contributed by atoms with Gasteiger partial charge in [-0.3, -0.25) is 14.5 Å². The van der Waals surface area contributed by atoms with Gasteiger partial charge in [-0.25, -0.2) is 0 Å². The molecule has 12 heavy (non-hydrogen) atoms. The Morgan fingerprint density at radius 3 is 2.42 bits per heavy atom. The van der Waals surface area contributed by atoms with Crippen molar-refractivity contribution in [1.29, 1.82) is 0 Å². The fourth-order valence-electron chi connectivity index (χ4n) is 1.17. The summed E-state index contributed by atoms with van der Waals surface area (Å²) in [5, 5.41) is 8.56. The lowest BCUT2D eigenvalue weighted by Crippen LogP contribution is -2.18. The van der Waals surface area contributed by atoms with Crippen molar-refractivity contribution in [2.75, 3.05) is 13.7 Å². The summed E-state index contributed by atoms with van der Waals surface area (Å²) in [4.78, 5) is 22.9. The molecule has 5 heteroatoms. The molecule has 1 rings (SSSR count). The standard InChI is InChI=1S/C7H11NO4/c1-3-12-7(11)5-4(6(9)10)8(5)2/h4-5H,3H2,1-2H3,(H,9,10)/t4-,5-,8?/m0/s1. The van der Waals surface area contributed by atoms with Crippen LogP contribution < -0.4 is 0 Å². The molecule has 0 aliphatic carbocycles. The first kappa shape index (κ1) is 8.99. The van der Waals surface area contributed by atoms with Gasteiger partial charge in [0.25, 0.3) is 0 Å². The zero-order chi connectivity index (χ0) is 9.30. The molecule has 1 aliphatic rings. The van der Waals surface area contributed by atoms with Gasteiger partial charge in [0.15, 0.2) is 0 Å². The van der Waals surface area contributed by atoms with Crippen LogP contribution >= 0.6 is 0 Å². The minimum absolute atomic E-state index is 0.287. The van der Waals surface area contributed by atoms with Gasteiger partial charge in [0.2, 0.25) is 0 Å². The molecule has 0 amide bonds. The van der Waals surface area contributed by atoms with Crippen molar-refractivity contribution in [3.63, 3.8) is 0 Å². The van der Waals surface area contributed by atoms with Gasteiger partial charge in [-0.2, -0.15) is 0 Å². The van der Waals surface area contributed by atoms with Crippen molar-refractivity contribution in [2.45, 2.75) is 19.0 Å². The number of carboxylic acid groups (broad SMARTS) is 1. The van der Waals surface area contributed by atoms with Crippen LogP contribution in [0.25, 0.3) is 0 Å². The van der Waals surface area contributed by atoms with Gasteiger partial charge in [0.05, 0.1) is 6.61 Å². The molecule has 1 unspecified atom stereocenters. The first-order chi connectivity index (χ1) is 5.59. The highest BCUT2D eigenvalue weighted by atomic mass is 16.5. The van der Waals surface area contributed by atoms with Crippen molar-refractivity contribution < 1.29 is 19.4 Å². The maximum absolute atomic E-state index is 11.0. The van der Waals surface area contributed by atoms with Crippen LogP contribution in [0, 0.1) is 0 Å². The molecule has 1 aliphatic heterocycles. The first-order valence-electron chi connectivity index (χ1n) is 3.71. The number of nitrogens with zero attached hydrogens (tertiary/aromatic N) is 1. The van der Waals surface area contributed by atoms with E-state index >= 15 is 0 Å². The molecule has 0 spiro atoms. The second-order valence-electron chi connectivity index (χ2n) is 2.65. The normalized spacial score (nSPS) is 32.7. The predicted molar refractivity (Wildman–Crippen MR) is 39.6 cm³/mol. The molecule has 1 N–H and O–H groups in total. The summed E-state index contributed by atoms with van der Waals surface area (Å²) in [6, 6.07) is -1.27. The van der Waals surface area contributed by atoms with E-state index < -0.39 is 24.0 Å². The van der Waals surface area contributed by atoms with Crippen LogP contribution in [0.4, 0.5) is 0 Å². The smallest absolute Gasteiger partial charge is 0.325 e. The van der Waals surface area contributed by atoms with Gasteiger partial charge in [0, 0.05) is 0 Å². The Kier molecular flexibility index (Phi) is 2.32. The van der Waals surface area contributed by atoms with Gasteiger partial charge in [-0.05, 0) is 14.0 Å². The number of esters is 1. The quantitative estimate of drug-likeness (QED) is 0.452. The third-order valence-corrected chi connectivity index (χ3v) is 1.87. The first-order valence-corrected chi connectivity index (χ1v) is 3.71. The highest BCUT2D eigenvalue weighted by Gasteiger charge is 2.55. The van der Waals surface area contributed by atoms with Crippen molar-refractivity contribution in [1.82, 2.24) is 4.90 Å². The minimum Gasteiger partial charge on any atom is -0.480 e. The van der Waals surface area contributed by atoms with E-state index in [2.05, 4.69) is 4.74 Å². The van der Waals surface area contributed by atoms with Gasteiger partial charge >= 0.3 is 11.9 Å². The Hall–Kier alpha value is -1.10. The number of hydrogen-bond donors (Lipinski definition) is 1. The SMILES string of the molecule is CCOC(=O)[C@@H]1[C@@H](C(=O)O)N1C. The molecule has 1 heterocycles. The summed E-state index contributed by atoms with van der Waals surface area (Å²) in [6.45, 7) is 1.98. The minimum atomic E-state index is -0.976. The molecule has 1 fully saturated rings. The lowest BCUT2D eigenvalue weighted by molar-refractivity contribution is -0.145. The van der Waals surface area contributed by atoms with E-state index in [1.54, 1.807) is 14.0 Å². The third kappa shape index (κ3) is 1.40. The number of likely N-dealkylation sites (N-methyl/N-ethyl adjacent to an activating group) is 1. The molecular weight excluding hydrogens is 162 g/mol. The summed E-state index contributed by atoms with van der Waals surface area (Å²) in [5.41, 5.74) is 0. The fraction of sp³-hybridized carbons (Fsp3) is 0.714. The number of aliphatic carboxylic acids is 1. The molecule has 0 aromatic rings. The fourth-order valence-corrected chi connectivity index (χ4v) is 1.17. The van der Waals surface area contributed by atoms with Gasteiger partial charge < -0.3 is 9.84 Å². The molecule has 0 bridgehead atoms. The lowest BCUT2D eigenvalue weighted by Gasteiger charge is -1.97. The van der Waals surface area contributed by atoms with Crippen molar-refractivity contribution in [2.24, 2.45) is 0 Å². The summed E-state index contributed by atoms with van der Waals surface area (Å²) >= 11 is 0. The van der Waals surface area contributed by atoms with Crippen LogP contribution in [-0.4, -0.2) is 47.7 Å². The molecule has 0 saturated carbocycles. The summed E-state index contributed by atoms with van der Waals surface area (Å²) in [7, 11) is 1.58. The van der Waals surface area contributed by atoms with Crippen molar-refractivity contribution in [3.05, 3.63) is 0 Å². The van der Waals surface area contributed by atoms with E-state index in [1.807, 2.05) is 0 Å². The van der Waals surface area contributed by atoms with Crippen LogP contribution in [0.5, 0.6) is 0 Å². The number of rotatable bonds is 3. The number of hydrogen-bond acceptors (Lipinski definition) is 4. The molecule has 1 saturated heterocycles. The van der Waals surface area contributed by atoms with Crippen molar-refractivity contribution in [3.8, 4) is 0 Å². The van der Waals surface area contributed by atoms with Gasteiger partial charge in [-0.15, -0.1) is 0 Å². The predicted octanol–water partition coefficient (Wildman–Crippen LogP) is -0.683. The molecule has 5 nitrogen and oxygen atoms in total. The van der Waals surface area contributed by atoms with E-state index in [9.17, 15) is 9.59 Å². The summed E-state index contributed by atoms with van der Waals surface area (Å²) < 4.78 is 4.67. The second-order valence-corrected chi connectivity index (χ2v) is 2.65. The van der Waals surface area contributed by atoms with E-state index in [-0.39, 0.29) is 6.61 Å². The highest BCUT2D eigenvalue weighted by molar-refractivity contribution is 5.91. The van der Waals surface area contributed by atoms with E-state index in [4.69, 9.17) is 5.11 Å². The molecular formula is C7H11NO4. The maximum Gasteiger partial charge on any atom is 0.325 e. The van der Waals surface area contributed by atoms with Gasteiger partial charge in [0.1, 0.15) is 12.1 Å². The van der Waals surface area contributed by atoms with Gasteiger partial charge in [-0.1, -0.05) is 0 Å². The third-order valence-electron chi connectivity index (χ3n) is 1.87. The Labute approximate surface area is 69.9 Å². The molecule has 3 atom stereocenters. The summed E-state index contributed by atoms with van der Waals surface area (Å²) in [5.74, 6) is -1.43. The van der Waals surface area contributed by atoms with Crippen LogP contribution in [0.15, 0.2) is 0 Å². The second kappa shape index (κ2) is 3.10. The number of ether oxygens (including phenoxy) is 1. The average Bonchev–Trinajstić information content (AvgIpc) is 2.62. The van der Waals surface area contributed by atoms with E-state index in [0.29, 0.717) is 0 Å².